The van der Waals surface area contributed by atoms with Gasteiger partial charge in [-0.3, -0.25) is 4.79 Å². The van der Waals surface area contributed by atoms with Crippen molar-refractivity contribution < 1.29 is 18.7 Å². The Morgan fingerprint density at radius 3 is 2.56 bits per heavy atom. The molecule has 0 amide bonds. The Bertz CT molecular complexity index is 427. The Hall–Kier alpha value is -1.58. The van der Waals surface area contributed by atoms with Crippen molar-refractivity contribution in [2.45, 2.75) is 39.5 Å². The van der Waals surface area contributed by atoms with Crippen LogP contribution in [0, 0.1) is 5.82 Å². The van der Waals surface area contributed by atoms with Crippen molar-refractivity contribution >= 4 is 5.97 Å². The maximum Gasteiger partial charge on any atom is 0.311 e. The van der Waals surface area contributed by atoms with Gasteiger partial charge in [0.1, 0.15) is 0 Å². The second-order valence-corrected chi connectivity index (χ2v) is 4.41. The zero-order chi connectivity index (χ0) is 13.7. The molecular weight excluding hydrogens is 235 g/mol. The van der Waals surface area contributed by atoms with Gasteiger partial charge in [-0.05, 0) is 30.0 Å². The number of halogens is 1. The number of esters is 1. The van der Waals surface area contributed by atoms with E-state index in [1.807, 2.05) is 20.8 Å². The van der Waals surface area contributed by atoms with Crippen LogP contribution >= 0.6 is 0 Å². The monoisotopic (exact) mass is 254 g/mol. The van der Waals surface area contributed by atoms with E-state index in [9.17, 15) is 9.18 Å². The van der Waals surface area contributed by atoms with Gasteiger partial charge in [0.15, 0.2) is 11.6 Å². The van der Waals surface area contributed by atoms with Gasteiger partial charge >= 0.3 is 5.97 Å². The highest BCUT2D eigenvalue weighted by molar-refractivity contribution is 5.73. The second kappa shape index (κ2) is 6.38. The van der Waals surface area contributed by atoms with Gasteiger partial charge in [0.2, 0.25) is 5.75 Å². The molecule has 0 aliphatic carbocycles. The molecule has 1 rings (SSSR count). The Labute approximate surface area is 107 Å². The lowest BCUT2D eigenvalue weighted by atomic mass is 10.0. The SMILES string of the molecule is CCCC(=O)Oc1c(F)cc(C(C)C)cc1OC. The highest BCUT2D eigenvalue weighted by Gasteiger charge is 2.17. The van der Waals surface area contributed by atoms with E-state index in [0.29, 0.717) is 6.42 Å². The van der Waals surface area contributed by atoms with Gasteiger partial charge in [-0.1, -0.05) is 20.8 Å². The van der Waals surface area contributed by atoms with Gasteiger partial charge < -0.3 is 9.47 Å². The second-order valence-electron chi connectivity index (χ2n) is 4.41. The van der Waals surface area contributed by atoms with Crippen LogP contribution in [-0.4, -0.2) is 13.1 Å². The Morgan fingerprint density at radius 1 is 1.39 bits per heavy atom. The molecule has 3 nitrogen and oxygen atoms in total. The predicted octanol–water partition coefficient (Wildman–Crippen LogP) is 3.66. The van der Waals surface area contributed by atoms with Crippen molar-refractivity contribution in [1.29, 1.82) is 0 Å². The molecule has 100 valence electrons. The standard InChI is InChI=1S/C14H19FO3/c1-5-6-13(16)18-14-11(15)7-10(9(2)3)8-12(14)17-4/h7-9H,5-6H2,1-4H3. The fourth-order valence-electron chi connectivity index (χ4n) is 1.54. The molecule has 0 aromatic heterocycles. The van der Waals surface area contributed by atoms with Gasteiger partial charge in [0, 0.05) is 6.42 Å². The van der Waals surface area contributed by atoms with Crippen molar-refractivity contribution in [3.05, 3.63) is 23.5 Å². The summed E-state index contributed by atoms with van der Waals surface area (Å²) in [4.78, 5) is 11.4. The first-order valence-electron chi connectivity index (χ1n) is 6.07. The van der Waals surface area contributed by atoms with Crippen LogP contribution in [0.15, 0.2) is 12.1 Å². The molecular formula is C14H19FO3. The molecule has 0 saturated heterocycles. The first-order valence-corrected chi connectivity index (χ1v) is 6.07. The summed E-state index contributed by atoms with van der Waals surface area (Å²) in [6.07, 6.45) is 0.918. The average Bonchev–Trinajstić information content (AvgIpc) is 2.31. The summed E-state index contributed by atoms with van der Waals surface area (Å²) < 4.78 is 24.0. The maximum atomic E-state index is 13.9. The topological polar surface area (TPSA) is 35.5 Å². The zero-order valence-corrected chi connectivity index (χ0v) is 11.2. The molecule has 0 N–H and O–H groups in total. The van der Waals surface area contributed by atoms with Gasteiger partial charge in [0.25, 0.3) is 0 Å². The van der Waals surface area contributed by atoms with E-state index in [-0.39, 0.29) is 23.8 Å². The molecule has 0 atom stereocenters. The minimum atomic E-state index is -0.567. The lowest BCUT2D eigenvalue weighted by Crippen LogP contribution is -2.09. The van der Waals surface area contributed by atoms with Crippen molar-refractivity contribution in [3.63, 3.8) is 0 Å². The summed E-state index contributed by atoms with van der Waals surface area (Å²) in [5, 5.41) is 0. The molecule has 0 bridgehead atoms. The van der Waals surface area contributed by atoms with Crippen molar-refractivity contribution in [2.24, 2.45) is 0 Å². The van der Waals surface area contributed by atoms with Crippen LogP contribution in [0.5, 0.6) is 11.5 Å². The summed E-state index contributed by atoms with van der Waals surface area (Å²) in [7, 11) is 1.43. The molecule has 1 aromatic rings. The van der Waals surface area contributed by atoms with Crippen LogP contribution < -0.4 is 9.47 Å². The fourth-order valence-corrected chi connectivity index (χ4v) is 1.54. The number of benzene rings is 1. The number of hydrogen-bond acceptors (Lipinski definition) is 3. The number of hydrogen-bond donors (Lipinski definition) is 0. The molecule has 0 radical (unpaired) electrons. The van der Waals surface area contributed by atoms with Crippen LogP contribution in [0.3, 0.4) is 0 Å². The summed E-state index contributed by atoms with van der Waals surface area (Å²) in [6.45, 7) is 5.77. The smallest absolute Gasteiger partial charge is 0.311 e. The first-order chi connectivity index (χ1) is 8.49. The van der Waals surface area contributed by atoms with Crippen LogP contribution in [0.25, 0.3) is 0 Å². The first kappa shape index (κ1) is 14.5. The summed E-state index contributed by atoms with van der Waals surface area (Å²) >= 11 is 0. The highest BCUT2D eigenvalue weighted by atomic mass is 19.1. The predicted molar refractivity (Wildman–Crippen MR) is 67.6 cm³/mol. The normalized spacial score (nSPS) is 10.6. The number of carbonyl (C=O) groups excluding carboxylic acids is 1. The van der Waals surface area contributed by atoms with Gasteiger partial charge in [0.05, 0.1) is 7.11 Å². The van der Waals surface area contributed by atoms with Gasteiger partial charge in [-0.15, -0.1) is 0 Å². The van der Waals surface area contributed by atoms with Crippen LogP contribution in [-0.2, 0) is 4.79 Å². The van der Waals surface area contributed by atoms with Gasteiger partial charge in [-0.25, -0.2) is 4.39 Å². The lowest BCUT2D eigenvalue weighted by Gasteiger charge is -2.13. The molecule has 0 saturated carbocycles. The van der Waals surface area contributed by atoms with E-state index in [1.165, 1.54) is 13.2 Å². The number of ether oxygens (including phenoxy) is 2. The molecule has 0 aliphatic heterocycles. The Balaban J connectivity index is 3.07. The quantitative estimate of drug-likeness (QED) is 0.594. The van der Waals surface area contributed by atoms with Gasteiger partial charge in [-0.2, -0.15) is 0 Å². The van der Waals surface area contributed by atoms with Crippen molar-refractivity contribution in [3.8, 4) is 11.5 Å². The maximum absolute atomic E-state index is 13.9. The summed E-state index contributed by atoms with van der Waals surface area (Å²) in [5.74, 6) is -0.716. The number of methoxy groups -OCH3 is 1. The van der Waals surface area contributed by atoms with E-state index in [1.54, 1.807) is 6.07 Å². The third-order valence-electron chi connectivity index (χ3n) is 2.59. The Kier molecular flexibility index (Phi) is 5.13. The third kappa shape index (κ3) is 3.45. The van der Waals surface area contributed by atoms with E-state index < -0.39 is 11.8 Å². The molecule has 0 heterocycles. The third-order valence-corrected chi connectivity index (χ3v) is 2.59. The summed E-state index contributed by atoms with van der Waals surface area (Å²) in [5.41, 5.74) is 0.805. The van der Waals surface area contributed by atoms with Crippen LogP contribution in [0.2, 0.25) is 0 Å². The van der Waals surface area contributed by atoms with E-state index in [0.717, 1.165) is 5.56 Å². The highest BCUT2D eigenvalue weighted by Crippen LogP contribution is 2.34. The minimum Gasteiger partial charge on any atom is -0.493 e. The molecule has 0 unspecified atom stereocenters. The zero-order valence-electron chi connectivity index (χ0n) is 11.2. The van der Waals surface area contributed by atoms with Crippen molar-refractivity contribution in [2.75, 3.05) is 7.11 Å². The number of rotatable bonds is 5. The average molecular weight is 254 g/mol. The Morgan fingerprint density at radius 2 is 2.06 bits per heavy atom. The minimum absolute atomic E-state index is 0.125. The van der Waals surface area contributed by atoms with E-state index in [2.05, 4.69) is 0 Å². The molecule has 1 aromatic carbocycles. The fraction of sp³-hybridized carbons (Fsp3) is 0.500. The lowest BCUT2D eigenvalue weighted by molar-refractivity contribution is -0.134. The van der Waals surface area contributed by atoms with Crippen molar-refractivity contribution in [1.82, 2.24) is 0 Å². The molecule has 18 heavy (non-hydrogen) atoms. The van der Waals surface area contributed by atoms with Crippen LogP contribution in [0.1, 0.15) is 45.1 Å². The molecule has 4 heteroatoms. The summed E-state index contributed by atoms with van der Waals surface area (Å²) in [6, 6.07) is 3.07. The molecule has 0 aliphatic rings. The van der Waals surface area contributed by atoms with E-state index >= 15 is 0 Å². The number of carbonyl (C=O) groups is 1. The van der Waals surface area contributed by atoms with E-state index in [4.69, 9.17) is 9.47 Å². The van der Waals surface area contributed by atoms with Crippen LogP contribution in [0.4, 0.5) is 4.39 Å². The molecule has 0 fully saturated rings. The largest absolute Gasteiger partial charge is 0.493 e. The molecule has 0 spiro atoms.